The summed E-state index contributed by atoms with van der Waals surface area (Å²) in [7, 11) is 0. The number of halogens is 2. The Morgan fingerprint density at radius 3 is 2.56 bits per heavy atom. The Kier molecular flexibility index (Phi) is 6.13. The van der Waals surface area contributed by atoms with Gasteiger partial charge < -0.3 is 10.6 Å². The van der Waals surface area contributed by atoms with Crippen LogP contribution in [-0.4, -0.2) is 35.0 Å². The summed E-state index contributed by atoms with van der Waals surface area (Å²) < 4.78 is 0. The molecule has 1 saturated heterocycles. The van der Waals surface area contributed by atoms with Crippen LogP contribution in [0.5, 0.6) is 0 Å². The lowest BCUT2D eigenvalue weighted by molar-refractivity contribution is 0.190. The third kappa shape index (κ3) is 5.33. The van der Waals surface area contributed by atoms with Crippen molar-refractivity contribution in [3.05, 3.63) is 58.3 Å². The first kappa shape index (κ1) is 18.0. The third-order valence-corrected chi connectivity index (χ3v) is 4.81. The predicted molar refractivity (Wildman–Crippen MR) is 101 cm³/mol. The van der Waals surface area contributed by atoms with Gasteiger partial charge in [-0.3, -0.25) is 9.88 Å². The van der Waals surface area contributed by atoms with Crippen LogP contribution in [-0.2, 0) is 6.54 Å². The fourth-order valence-electron chi connectivity index (χ4n) is 2.92. The van der Waals surface area contributed by atoms with E-state index in [-0.39, 0.29) is 12.1 Å². The van der Waals surface area contributed by atoms with E-state index in [0.29, 0.717) is 15.7 Å². The number of urea groups is 1. The highest BCUT2D eigenvalue weighted by Crippen LogP contribution is 2.25. The minimum atomic E-state index is -0.239. The average Bonchev–Trinajstić information content (AvgIpc) is 2.60. The van der Waals surface area contributed by atoms with E-state index < -0.39 is 0 Å². The Balaban J connectivity index is 1.44. The number of rotatable bonds is 4. The van der Waals surface area contributed by atoms with E-state index in [2.05, 4.69) is 20.5 Å². The lowest BCUT2D eigenvalue weighted by atomic mass is 10.0. The molecule has 2 N–H and O–H groups in total. The van der Waals surface area contributed by atoms with Gasteiger partial charge in [0.15, 0.2) is 0 Å². The van der Waals surface area contributed by atoms with Crippen LogP contribution in [0, 0.1) is 0 Å². The van der Waals surface area contributed by atoms with Crippen molar-refractivity contribution in [3.63, 3.8) is 0 Å². The molecule has 1 aromatic carbocycles. The van der Waals surface area contributed by atoms with Crippen LogP contribution < -0.4 is 10.6 Å². The first-order valence-corrected chi connectivity index (χ1v) is 8.99. The van der Waals surface area contributed by atoms with E-state index >= 15 is 0 Å². The lowest BCUT2D eigenvalue weighted by Crippen LogP contribution is -2.45. The number of anilines is 1. The lowest BCUT2D eigenvalue weighted by Gasteiger charge is -2.32. The number of carbonyl (C=O) groups is 1. The maximum atomic E-state index is 12.2. The molecule has 2 heterocycles. The summed E-state index contributed by atoms with van der Waals surface area (Å²) in [5, 5.41) is 6.75. The molecule has 3 rings (SSSR count). The van der Waals surface area contributed by atoms with Crippen molar-refractivity contribution < 1.29 is 4.79 Å². The first-order chi connectivity index (χ1) is 12.1. The van der Waals surface area contributed by atoms with E-state index in [1.165, 1.54) is 5.56 Å². The zero-order chi connectivity index (χ0) is 17.6. The minimum Gasteiger partial charge on any atom is -0.335 e. The summed E-state index contributed by atoms with van der Waals surface area (Å²) >= 11 is 11.9. The van der Waals surface area contributed by atoms with Crippen molar-refractivity contribution >= 4 is 34.9 Å². The van der Waals surface area contributed by atoms with Gasteiger partial charge in [-0.1, -0.05) is 23.2 Å². The predicted octanol–water partition coefficient (Wildman–Crippen LogP) is 4.17. The molecule has 132 valence electrons. The van der Waals surface area contributed by atoms with Crippen molar-refractivity contribution in [3.8, 4) is 0 Å². The van der Waals surface area contributed by atoms with Crippen molar-refractivity contribution in [1.29, 1.82) is 0 Å². The number of carbonyl (C=O) groups excluding carboxylic acids is 1. The maximum Gasteiger partial charge on any atom is 0.319 e. The number of piperidine rings is 1. The Bertz CT molecular complexity index is 718. The Morgan fingerprint density at radius 1 is 1.16 bits per heavy atom. The molecule has 0 saturated carbocycles. The quantitative estimate of drug-likeness (QED) is 0.838. The van der Waals surface area contributed by atoms with Crippen molar-refractivity contribution in [2.24, 2.45) is 0 Å². The largest absolute Gasteiger partial charge is 0.335 e. The number of amides is 2. The van der Waals surface area contributed by atoms with Gasteiger partial charge in [-0.2, -0.15) is 0 Å². The SMILES string of the molecule is O=C(Nc1ccc(Cl)cc1Cl)NC1CCN(Cc2ccncc2)CC1. The van der Waals surface area contributed by atoms with Crippen LogP contribution in [0.15, 0.2) is 42.7 Å². The Hall–Kier alpha value is -1.82. The number of benzene rings is 1. The van der Waals surface area contributed by atoms with E-state index in [9.17, 15) is 4.79 Å². The fourth-order valence-corrected chi connectivity index (χ4v) is 3.37. The summed E-state index contributed by atoms with van der Waals surface area (Å²) in [6.07, 6.45) is 5.48. The van der Waals surface area contributed by atoms with Gasteiger partial charge in [0.25, 0.3) is 0 Å². The maximum absolute atomic E-state index is 12.2. The number of nitrogens with one attached hydrogen (secondary N) is 2. The molecule has 2 aromatic rings. The number of hydrogen-bond acceptors (Lipinski definition) is 3. The van der Waals surface area contributed by atoms with Gasteiger partial charge in [0.05, 0.1) is 10.7 Å². The number of hydrogen-bond donors (Lipinski definition) is 2. The van der Waals surface area contributed by atoms with Gasteiger partial charge >= 0.3 is 6.03 Å². The monoisotopic (exact) mass is 378 g/mol. The number of likely N-dealkylation sites (tertiary alicyclic amines) is 1. The molecule has 0 atom stereocenters. The molecule has 2 amide bonds. The van der Waals surface area contributed by atoms with Gasteiger partial charge in [-0.25, -0.2) is 4.79 Å². The molecule has 1 aliphatic heterocycles. The Labute approximate surface area is 157 Å². The van der Waals surface area contributed by atoms with E-state index in [0.717, 1.165) is 32.5 Å². The second kappa shape index (κ2) is 8.52. The van der Waals surface area contributed by atoms with Crippen LogP contribution >= 0.6 is 23.2 Å². The molecule has 1 aromatic heterocycles. The molecule has 0 spiro atoms. The summed E-state index contributed by atoms with van der Waals surface area (Å²) in [5.74, 6) is 0. The topological polar surface area (TPSA) is 57.3 Å². The van der Waals surface area contributed by atoms with Crippen LogP contribution in [0.4, 0.5) is 10.5 Å². The van der Waals surface area contributed by atoms with Crippen molar-refractivity contribution in [2.45, 2.75) is 25.4 Å². The molecular weight excluding hydrogens is 359 g/mol. The molecule has 25 heavy (non-hydrogen) atoms. The normalized spacial score (nSPS) is 15.8. The summed E-state index contributed by atoms with van der Waals surface area (Å²) in [4.78, 5) is 18.6. The van der Waals surface area contributed by atoms with Crippen LogP contribution in [0.25, 0.3) is 0 Å². The smallest absolute Gasteiger partial charge is 0.319 e. The number of pyridine rings is 1. The van der Waals surface area contributed by atoms with Gasteiger partial charge in [0.1, 0.15) is 0 Å². The molecule has 0 radical (unpaired) electrons. The average molecular weight is 379 g/mol. The van der Waals surface area contributed by atoms with E-state index in [1.54, 1.807) is 18.2 Å². The minimum absolute atomic E-state index is 0.166. The molecule has 0 bridgehead atoms. The second-order valence-electron chi connectivity index (χ2n) is 6.13. The molecule has 5 nitrogen and oxygen atoms in total. The molecule has 1 fully saturated rings. The molecule has 7 heteroatoms. The van der Waals surface area contributed by atoms with Gasteiger partial charge in [-0.15, -0.1) is 0 Å². The Morgan fingerprint density at radius 2 is 1.88 bits per heavy atom. The highest BCUT2D eigenvalue weighted by Gasteiger charge is 2.21. The molecule has 1 aliphatic rings. The van der Waals surface area contributed by atoms with Crippen LogP contribution in [0.1, 0.15) is 18.4 Å². The van der Waals surface area contributed by atoms with Crippen LogP contribution in [0.2, 0.25) is 10.0 Å². The standard InChI is InChI=1S/C18H20Cl2N4O/c19-14-1-2-17(16(20)11-14)23-18(25)22-15-5-9-24(10-6-15)12-13-3-7-21-8-4-13/h1-4,7-8,11,15H,5-6,9-10,12H2,(H2,22,23,25). The van der Waals surface area contributed by atoms with E-state index in [1.807, 2.05) is 24.5 Å². The zero-order valence-corrected chi connectivity index (χ0v) is 15.2. The fraction of sp³-hybridized carbons (Fsp3) is 0.333. The summed E-state index contributed by atoms with van der Waals surface area (Å²) in [6, 6.07) is 9.00. The van der Waals surface area contributed by atoms with Gasteiger partial charge in [0.2, 0.25) is 0 Å². The zero-order valence-electron chi connectivity index (χ0n) is 13.7. The molecular formula is C18H20Cl2N4O. The summed E-state index contributed by atoms with van der Waals surface area (Å²) in [6.45, 7) is 2.83. The highest BCUT2D eigenvalue weighted by molar-refractivity contribution is 6.36. The molecule has 0 unspecified atom stereocenters. The molecule has 0 aliphatic carbocycles. The first-order valence-electron chi connectivity index (χ1n) is 8.24. The van der Waals surface area contributed by atoms with Crippen molar-refractivity contribution in [2.75, 3.05) is 18.4 Å². The van der Waals surface area contributed by atoms with Crippen LogP contribution in [0.3, 0.4) is 0 Å². The summed E-state index contributed by atoms with van der Waals surface area (Å²) in [5.41, 5.74) is 1.82. The number of aromatic nitrogens is 1. The second-order valence-corrected chi connectivity index (χ2v) is 6.97. The van der Waals surface area contributed by atoms with Gasteiger partial charge in [-0.05, 0) is 48.7 Å². The van der Waals surface area contributed by atoms with E-state index in [4.69, 9.17) is 23.2 Å². The third-order valence-electron chi connectivity index (χ3n) is 4.26. The van der Waals surface area contributed by atoms with Gasteiger partial charge in [0, 0.05) is 43.1 Å². The van der Waals surface area contributed by atoms with Crippen molar-refractivity contribution in [1.82, 2.24) is 15.2 Å². The number of nitrogens with zero attached hydrogens (tertiary/aromatic N) is 2. The highest BCUT2D eigenvalue weighted by atomic mass is 35.5.